The number of carbonyl (C=O) groups is 1. The first kappa shape index (κ1) is 22.9. The van der Waals surface area contributed by atoms with Gasteiger partial charge in [0.2, 0.25) is 0 Å². The van der Waals surface area contributed by atoms with E-state index in [0.717, 1.165) is 38.5 Å². The monoisotopic (exact) mass is 464 g/mol. The lowest BCUT2D eigenvalue weighted by Crippen LogP contribution is -2.54. The third-order valence-electron chi connectivity index (χ3n) is 8.94. The number of hydrogen-bond acceptors (Lipinski definition) is 5. The second kappa shape index (κ2) is 7.39. The van der Waals surface area contributed by atoms with Gasteiger partial charge in [0.15, 0.2) is 0 Å². The number of fused-ring (bicyclic) bond motifs is 5. The van der Waals surface area contributed by atoms with E-state index < -0.39 is 21.0 Å². The topological polar surface area (TPSA) is 69.7 Å². The molecule has 4 rings (SSSR count). The highest BCUT2D eigenvalue weighted by Gasteiger charge is 2.61. The third kappa shape index (κ3) is 3.68. The van der Waals surface area contributed by atoms with E-state index in [-0.39, 0.29) is 29.2 Å². The summed E-state index contributed by atoms with van der Waals surface area (Å²) in [4.78, 5) is 11.4. The van der Waals surface area contributed by atoms with Gasteiger partial charge in [0.1, 0.15) is 11.9 Å². The van der Waals surface area contributed by atoms with Crippen LogP contribution in [0.2, 0.25) is 0 Å². The number of allylic oxidation sites excluding steroid dienone is 2. The maximum absolute atomic E-state index is 12.9. The van der Waals surface area contributed by atoms with Gasteiger partial charge in [-0.15, -0.1) is 0 Å². The lowest BCUT2D eigenvalue weighted by molar-refractivity contribution is -0.159. The molecular formula is C22H31F3O5S. The molecule has 3 saturated carbocycles. The van der Waals surface area contributed by atoms with Crippen molar-refractivity contribution in [2.24, 2.45) is 34.5 Å². The van der Waals surface area contributed by atoms with Gasteiger partial charge in [-0.1, -0.05) is 13.8 Å². The van der Waals surface area contributed by atoms with Crippen LogP contribution in [0.3, 0.4) is 0 Å². The minimum Gasteiger partial charge on any atom is -0.463 e. The largest absolute Gasteiger partial charge is 0.534 e. The Bertz CT molecular complexity index is 882. The molecule has 0 spiro atoms. The smallest absolute Gasteiger partial charge is 0.463 e. The molecule has 4 aliphatic carbocycles. The highest BCUT2D eigenvalue weighted by atomic mass is 32.2. The summed E-state index contributed by atoms with van der Waals surface area (Å²) in [5, 5.41) is 0. The van der Waals surface area contributed by atoms with Crippen molar-refractivity contribution < 1.29 is 35.3 Å². The Kier molecular flexibility index (Phi) is 5.46. The second-order valence-corrected chi connectivity index (χ2v) is 11.9. The standard InChI is InChI=1S/C22H31F3O5S/c1-13(26)29-15-8-10-20(2)14(12-15)4-5-16-17-6-7-19(21(17,3)11-9-18(16)20)30-31(27,28)22(23,24)25/h7,14-18H,4-6,8-12H2,1-3H3/t14-,15-,16?,17?,18?,20+,21+/m1/s1. The predicted octanol–water partition coefficient (Wildman–Crippen LogP) is 5.32. The van der Waals surface area contributed by atoms with Crippen molar-refractivity contribution in [1.29, 1.82) is 0 Å². The van der Waals surface area contributed by atoms with Gasteiger partial charge in [-0.05, 0) is 86.5 Å². The van der Waals surface area contributed by atoms with Gasteiger partial charge in [-0.25, -0.2) is 0 Å². The summed E-state index contributed by atoms with van der Waals surface area (Å²) in [6.07, 6.45) is 8.21. The van der Waals surface area contributed by atoms with E-state index in [2.05, 4.69) is 11.1 Å². The van der Waals surface area contributed by atoms with Crippen molar-refractivity contribution in [1.82, 2.24) is 0 Å². The van der Waals surface area contributed by atoms with Crippen LogP contribution in [-0.2, 0) is 23.8 Å². The van der Waals surface area contributed by atoms with E-state index in [1.807, 2.05) is 6.92 Å². The molecule has 0 N–H and O–H groups in total. The molecule has 0 heterocycles. The average molecular weight is 465 g/mol. The number of hydrogen-bond donors (Lipinski definition) is 0. The highest BCUT2D eigenvalue weighted by Crippen LogP contribution is 2.66. The van der Waals surface area contributed by atoms with Gasteiger partial charge >= 0.3 is 21.6 Å². The van der Waals surface area contributed by atoms with Crippen molar-refractivity contribution in [3.8, 4) is 0 Å². The average Bonchev–Trinajstić information content (AvgIpc) is 2.96. The number of halogens is 3. The van der Waals surface area contributed by atoms with Gasteiger partial charge in [0, 0.05) is 12.3 Å². The number of rotatable bonds is 3. The summed E-state index contributed by atoms with van der Waals surface area (Å²) in [7, 11) is -5.66. The maximum Gasteiger partial charge on any atom is 0.534 e. The fourth-order valence-electron chi connectivity index (χ4n) is 7.38. The molecule has 4 aliphatic rings. The lowest BCUT2D eigenvalue weighted by atomic mass is 9.45. The number of carbonyl (C=O) groups excluding carboxylic acids is 1. The first-order valence-corrected chi connectivity index (χ1v) is 12.6. The van der Waals surface area contributed by atoms with Crippen molar-refractivity contribution in [2.75, 3.05) is 0 Å². The van der Waals surface area contributed by atoms with E-state index in [0.29, 0.717) is 30.6 Å². The third-order valence-corrected chi connectivity index (χ3v) is 9.91. The normalized spacial score (nSPS) is 42.6. The minimum absolute atomic E-state index is 0.0262. The first-order chi connectivity index (χ1) is 14.3. The van der Waals surface area contributed by atoms with Gasteiger partial charge in [-0.2, -0.15) is 21.6 Å². The summed E-state index contributed by atoms with van der Waals surface area (Å²) in [5.41, 5.74) is -5.99. The zero-order valence-electron chi connectivity index (χ0n) is 18.2. The molecule has 0 aromatic carbocycles. The first-order valence-electron chi connectivity index (χ1n) is 11.2. The van der Waals surface area contributed by atoms with Crippen LogP contribution in [0.4, 0.5) is 13.2 Å². The van der Waals surface area contributed by atoms with E-state index in [4.69, 9.17) is 4.74 Å². The SMILES string of the molecule is CC(=O)O[C@@H]1CC[C@]2(C)C3CC[C@]4(C)C(OS(=O)(=O)C(F)(F)F)=CCC4C3CC[C@@H]2C1. The molecule has 5 nitrogen and oxygen atoms in total. The fraction of sp³-hybridized carbons (Fsp3) is 0.864. The molecule has 0 aliphatic heterocycles. The molecule has 0 saturated heterocycles. The Morgan fingerprint density at radius 3 is 2.45 bits per heavy atom. The van der Waals surface area contributed by atoms with Crippen LogP contribution in [0.15, 0.2) is 11.8 Å². The molecule has 7 atom stereocenters. The quantitative estimate of drug-likeness (QED) is 0.321. The van der Waals surface area contributed by atoms with Crippen LogP contribution in [0.1, 0.15) is 72.1 Å². The zero-order chi connectivity index (χ0) is 22.8. The van der Waals surface area contributed by atoms with Crippen LogP contribution in [-0.4, -0.2) is 26.0 Å². The van der Waals surface area contributed by atoms with Crippen LogP contribution in [0.25, 0.3) is 0 Å². The highest BCUT2D eigenvalue weighted by molar-refractivity contribution is 7.87. The van der Waals surface area contributed by atoms with Crippen molar-refractivity contribution in [3.05, 3.63) is 11.8 Å². The van der Waals surface area contributed by atoms with Gasteiger partial charge in [-0.3, -0.25) is 4.79 Å². The number of alkyl halides is 3. The van der Waals surface area contributed by atoms with Gasteiger partial charge in [0.25, 0.3) is 0 Å². The Labute approximate surface area is 181 Å². The predicted molar refractivity (Wildman–Crippen MR) is 107 cm³/mol. The number of esters is 1. The van der Waals surface area contributed by atoms with Crippen molar-refractivity contribution in [3.63, 3.8) is 0 Å². The van der Waals surface area contributed by atoms with Crippen molar-refractivity contribution in [2.45, 2.75) is 83.8 Å². The van der Waals surface area contributed by atoms with Crippen molar-refractivity contribution >= 4 is 16.1 Å². The van der Waals surface area contributed by atoms with Crippen LogP contribution >= 0.6 is 0 Å². The van der Waals surface area contributed by atoms with Crippen LogP contribution < -0.4 is 0 Å². The van der Waals surface area contributed by atoms with Crippen LogP contribution in [0, 0.1) is 34.5 Å². The van der Waals surface area contributed by atoms with E-state index in [1.165, 1.54) is 6.92 Å². The number of ether oxygens (including phenoxy) is 1. The molecule has 0 aromatic rings. The summed E-state index contributed by atoms with van der Waals surface area (Å²) < 4.78 is 72.0. The lowest BCUT2D eigenvalue weighted by Gasteiger charge is -2.60. The molecule has 0 amide bonds. The molecule has 0 radical (unpaired) electrons. The minimum atomic E-state index is -5.66. The molecule has 9 heteroatoms. The Hall–Kier alpha value is -1.25. The summed E-state index contributed by atoms with van der Waals surface area (Å²) in [6.45, 7) is 5.64. The summed E-state index contributed by atoms with van der Waals surface area (Å²) >= 11 is 0. The molecule has 0 aromatic heterocycles. The summed E-state index contributed by atoms with van der Waals surface area (Å²) in [6, 6.07) is 0. The zero-order valence-corrected chi connectivity index (χ0v) is 19.0. The Morgan fingerprint density at radius 1 is 1.10 bits per heavy atom. The van der Waals surface area contributed by atoms with E-state index in [9.17, 15) is 26.4 Å². The Balaban J connectivity index is 1.51. The molecule has 31 heavy (non-hydrogen) atoms. The summed E-state index contributed by atoms with van der Waals surface area (Å²) in [5.74, 6) is 1.06. The second-order valence-electron chi connectivity index (χ2n) is 10.4. The van der Waals surface area contributed by atoms with Crippen LogP contribution in [0.5, 0.6) is 0 Å². The van der Waals surface area contributed by atoms with Gasteiger partial charge < -0.3 is 8.92 Å². The molecule has 3 unspecified atom stereocenters. The molecular weight excluding hydrogens is 433 g/mol. The van der Waals surface area contributed by atoms with E-state index in [1.54, 1.807) is 6.08 Å². The fourth-order valence-corrected chi connectivity index (χ4v) is 7.97. The molecule has 176 valence electrons. The molecule has 3 fully saturated rings. The Morgan fingerprint density at radius 2 is 1.81 bits per heavy atom. The van der Waals surface area contributed by atoms with E-state index >= 15 is 0 Å². The maximum atomic E-state index is 12.9. The molecule has 0 bridgehead atoms. The van der Waals surface area contributed by atoms with Gasteiger partial charge in [0.05, 0.1) is 0 Å².